The lowest BCUT2D eigenvalue weighted by molar-refractivity contribution is 0.0427. The highest BCUT2D eigenvalue weighted by Gasteiger charge is 2.35. The first-order valence-electron chi connectivity index (χ1n) is 7.63. The van der Waals surface area contributed by atoms with E-state index in [0.717, 1.165) is 36.3 Å². The third-order valence-corrected chi connectivity index (χ3v) is 5.01. The zero-order valence-electron chi connectivity index (χ0n) is 12.2. The van der Waals surface area contributed by atoms with Gasteiger partial charge in [0.05, 0.1) is 11.7 Å². The van der Waals surface area contributed by atoms with E-state index in [1.807, 2.05) is 34.5 Å². The number of ether oxygens (including phenoxy) is 1. The van der Waals surface area contributed by atoms with Crippen molar-refractivity contribution in [1.29, 1.82) is 0 Å². The van der Waals surface area contributed by atoms with Crippen LogP contribution in [0.25, 0.3) is 0 Å². The predicted molar refractivity (Wildman–Crippen MR) is 87.1 cm³/mol. The maximum atomic E-state index is 12.9. The smallest absolute Gasteiger partial charge is 0.257 e. The molecular weight excluding hydrogens is 296 g/mol. The monoisotopic (exact) mass is 314 g/mol. The molecule has 0 saturated carbocycles. The fourth-order valence-corrected chi connectivity index (χ4v) is 3.86. The van der Waals surface area contributed by atoms with E-state index in [0.29, 0.717) is 6.54 Å². The number of fused-ring (bicyclic) bond motifs is 1. The van der Waals surface area contributed by atoms with Crippen molar-refractivity contribution in [2.75, 3.05) is 18.5 Å². The molecule has 2 aromatic rings. The van der Waals surface area contributed by atoms with Crippen LogP contribution in [0, 0.1) is 0 Å². The first-order valence-corrected chi connectivity index (χ1v) is 8.57. The number of anilines is 1. The van der Waals surface area contributed by atoms with Gasteiger partial charge >= 0.3 is 0 Å². The first-order chi connectivity index (χ1) is 10.8. The van der Waals surface area contributed by atoms with Crippen LogP contribution in [-0.4, -0.2) is 30.1 Å². The zero-order chi connectivity index (χ0) is 14.9. The molecule has 1 saturated heterocycles. The number of thiophene rings is 1. The van der Waals surface area contributed by atoms with Crippen molar-refractivity contribution in [3.63, 3.8) is 0 Å². The molecule has 0 bridgehead atoms. The Morgan fingerprint density at radius 2 is 2.23 bits per heavy atom. The Hall–Kier alpha value is -1.85. The lowest BCUT2D eigenvalue weighted by atomic mass is 10.0. The highest BCUT2D eigenvalue weighted by atomic mass is 32.1. The molecule has 5 heteroatoms. The summed E-state index contributed by atoms with van der Waals surface area (Å²) in [7, 11) is 0. The summed E-state index contributed by atoms with van der Waals surface area (Å²) in [4.78, 5) is 14.9. The van der Waals surface area contributed by atoms with Crippen LogP contribution in [0.1, 0.15) is 34.9 Å². The van der Waals surface area contributed by atoms with Crippen LogP contribution >= 0.6 is 11.3 Å². The number of benzene rings is 1. The number of rotatable bonds is 3. The summed E-state index contributed by atoms with van der Waals surface area (Å²) in [5.74, 6) is 0.0843. The van der Waals surface area contributed by atoms with Crippen LogP contribution in [0.15, 0.2) is 41.1 Å². The van der Waals surface area contributed by atoms with Crippen molar-refractivity contribution in [3.8, 4) is 0 Å². The molecule has 114 valence electrons. The molecule has 1 aromatic heterocycles. The lowest BCUT2D eigenvalue weighted by Crippen LogP contribution is -2.46. The minimum absolute atomic E-state index is 0.0843. The van der Waals surface area contributed by atoms with Crippen LogP contribution in [0.4, 0.5) is 5.69 Å². The number of hydrogen-bond donors (Lipinski definition) is 1. The third kappa shape index (κ3) is 2.40. The fourth-order valence-electron chi connectivity index (χ4n) is 3.18. The van der Waals surface area contributed by atoms with E-state index in [2.05, 4.69) is 16.8 Å². The van der Waals surface area contributed by atoms with Crippen LogP contribution in [0.3, 0.4) is 0 Å². The van der Waals surface area contributed by atoms with Gasteiger partial charge in [-0.3, -0.25) is 4.79 Å². The van der Waals surface area contributed by atoms with Gasteiger partial charge in [0.2, 0.25) is 0 Å². The van der Waals surface area contributed by atoms with Gasteiger partial charge in [-0.15, -0.1) is 0 Å². The minimum atomic E-state index is -0.113. The van der Waals surface area contributed by atoms with E-state index in [1.165, 1.54) is 0 Å². The molecule has 0 aliphatic carbocycles. The molecule has 1 aromatic carbocycles. The summed E-state index contributed by atoms with van der Waals surface area (Å²) < 4.78 is 5.74. The molecule has 1 amide bonds. The van der Waals surface area contributed by atoms with E-state index >= 15 is 0 Å². The Morgan fingerprint density at radius 3 is 3.00 bits per heavy atom. The second kappa shape index (κ2) is 5.74. The highest BCUT2D eigenvalue weighted by Crippen LogP contribution is 2.34. The van der Waals surface area contributed by atoms with Gasteiger partial charge in [-0.05, 0) is 41.8 Å². The molecule has 2 aliphatic heterocycles. The first kappa shape index (κ1) is 13.8. The summed E-state index contributed by atoms with van der Waals surface area (Å²) in [6.45, 7) is 1.44. The van der Waals surface area contributed by atoms with Crippen molar-refractivity contribution in [2.24, 2.45) is 0 Å². The third-order valence-electron chi connectivity index (χ3n) is 4.31. The maximum Gasteiger partial charge on any atom is 0.257 e. The molecule has 0 spiro atoms. The number of amides is 1. The van der Waals surface area contributed by atoms with Gasteiger partial charge in [-0.25, -0.2) is 0 Å². The summed E-state index contributed by atoms with van der Waals surface area (Å²) in [6, 6.07) is 9.80. The molecule has 0 radical (unpaired) electrons. The van der Waals surface area contributed by atoms with Gasteiger partial charge in [0, 0.05) is 24.4 Å². The summed E-state index contributed by atoms with van der Waals surface area (Å²) in [6.07, 6.45) is 2.15. The molecular formula is C17H18N2O2S. The van der Waals surface area contributed by atoms with Crippen LogP contribution in [0.5, 0.6) is 0 Å². The number of hydrogen-bond acceptors (Lipinski definition) is 4. The molecule has 22 heavy (non-hydrogen) atoms. The number of para-hydroxylation sites is 1. The Morgan fingerprint density at radius 1 is 1.32 bits per heavy atom. The van der Waals surface area contributed by atoms with E-state index < -0.39 is 0 Å². The lowest BCUT2D eigenvalue weighted by Gasteiger charge is -2.38. The summed E-state index contributed by atoms with van der Waals surface area (Å²) in [5, 5.41) is 7.66. The van der Waals surface area contributed by atoms with Crippen LogP contribution < -0.4 is 5.32 Å². The van der Waals surface area contributed by atoms with Gasteiger partial charge in [0.15, 0.2) is 0 Å². The zero-order valence-corrected chi connectivity index (χ0v) is 13.0. The van der Waals surface area contributed by atoms with Gasteiger partial charge < -0.3 is 15.0 Å². The summed E-state index contributed by atoms with van der Waals surface area (Å²) in [5.41, 5.74) is 2.78. The summed E-state index contributed by atoms with van der Waals surface area (Å²) >= 11 is 1.65. The molecule has 4 nitrogen and oxygen atoms in total. The minimum Gasteiger partial charge on any atom is -0.376 e. The van der Waals surface area contributed by atoms with Gasteiger partial charge in [-0.1, -0.05) is 12.1 Å². The SMILES string of the molecule is O=C1c2ccccc2NC(c2ccsc2)N1CC1CCCO1. The number of nitrogens with zero attached hydrogens (tertiary/aromatic N) is 1. The van der Waals surface area contributed by atoms with Crippen molar-refractivity contribution in [1.82, 2.24) is 4.90 Å². The number of nitrogens with one attached hydrogen (secondary N) is 1. The molecule has 1 fully saturated rings. The molecule has 2 unspecified atom stereocenters. The number of carbonyl (C=O) groups excluding carboxylic acids is 1. The Labute approximate surface area is 133 Å². The molecule has 2 aliphatic rings. The Balaban J connectivity index is 1.69. The quantitative estimate of drug-likeness (QED) is 0.943. The number of carbonyl (C=O) groups is 1. The normalized spacial score (nSPS) is 24.2. The largest absolute Gasteiger partial charge is 0.376 e. The van der Waals surface area contributed by atoms with E-state index in [9.17, 15) is 4.79 Å². The maximum absolute atomic E-state index is 12.9. The average Bonchev–Trinajstić information content (AvgIpc) is 3.23. The Kier molecular flexibility index (Phi) is 3.60. The van der Waals surface area contributed by atoms with Gasteiger partial charge in [0.25, 0.3) is 5.91 Å². The van der Waals surface area contributed by atoms with Crippen molar-refractivity contribution >= 4 is 22.9 Å². The fraction of sp³-hybridized carbons (Fsp3) is 0.353. The van der Waals surface area contributed by atoms with Crippen molar-refractivity contribution < 1.29 is 9.53 Å². The topological polar surface area (TPSA) is 41.6 Å². The second-order valence-electron chi connectivity index (χ2n) is 5.74. The average molecular weight is 314 g/mol. The Bertz CT molecular complexity index is 665. The highest BCUT2D eigenvalue weighted by molar-refractivity contribution is 7.08. The van der Waals surface area contributed by atoms with E-state index in [1.54, 1.807) is 11.3 Å². The van der Waals surface area contributed by atoms with Gasteiger partial charge in [-0.2, -0.15) is 11.3 Å². The molecule has 3 heterocycles. The second-order valence-corrected chi connectivity index (χ2v) is 6.52. The van der Waals surface area contributed by atoms with Crippen LogP contribution in [0.2, 0.25) is 0 Å². The van der Waals surface area contributed by atoms with Crippen molar-refractivity contribution in [2.45, 2.75) is 25.1 Å². The van der Waals surface area contributed by atoms with E-state index in [-0.39, 0.29) is 18.2 Å². The standard InChI is InChI=1S/C17H18N2O2S/c20-17-14-5-1-2-6-15(14)18-16(12-7-9-22-11-12)19(17)10-13-4-3-8-21-13/h1-2,5-7,9,11,13,16,18H,3-4,8,10H2. The molecule has 1 N–H and O–H groups in total. The van der Waals surface area contributed by atoms with Gasteiger partial charge in [0.1, 0.15) is 6.17 Å². The van der Waals surface area contributed by atoms with Crippen molar-refractivity contribution in [3.05, 3.63) is 52.2 Å². The molecule has 2 atom stereocenters. The predicted octanol–water partition coefficient (Wildman–Crippen LogP) is 3.49. The molecule has 4 rings (SSSR count). The van der Waals surface area contributed by atoms with E-state index in [4.69, 9.17) is 4.74 Å². The van der Waals surface area contributed by atoms with Crippen LogP contribution in [-0.2, 0) is 4.74 Å².